The molecule has 0 aromatic heterocycles. The molecule has 5 nitrogen and oxygen atoms in total. The minimum absolute atomic E-state index is 0.137. The van der Waals surface area contributed by atoms with Gasteiger partial charge in [-0.05, 0) is 39.8 Å². The van der Waals surface area contributed by atoms with Crippen LogP contribution in [0.2, 0.25) is 0 Å². The lowest BCUT2D eigenvalue weighted by Gasteiger charge is -2.29. The van der Waals surface area contributed by atoms with Gasteiger partial charge in [-0.1, -0.05) is 0 Å². The number of hydrogen-bond donors (Lipinski definition) is 1. The van der Waals surface area contributed by atoms with Crippen molar-refractivity contribution in [2.75, 3.05) is 0 Å². The molecule has 1 aliphatic rings. The van der Waals surface area contributed by atoms with Crippen LogP contribution in [-0.2, 0) is 14.4 Å². The van der Waals surface area contributed by atoms with Crippen LogP contribution in [0.4, 0.5) is 0 Å². The molecule has 1 amide bonds. The minimum Gasteiger partial charge on any atom is -0.347 e. The average Bonchev–Trinajstić information content (AvgIpc) is 2.22. The fourth-order valence-corrected chi connectivity index (χ4v) is 1.14. The SMILES string of the molecule is CC(C)(C)C(=O)ON1NC(=O)CC1(C)C. The molecule has 15 heavy (non-hydrogen) atoms. The molecule has 0 unspecified atom stereocenters. The topological polar surface area (TPSA) is 58.6 Å². The Morgan fingerprint density at radius 2 is 2.00 bits per heavy atom. The van der Waals surface area contributed by atoms with Crippen LogP contribution in [0.1, 0.15) is 41.0 Å². The van der Waals surface area contributed by atoms with E-state index in [1.807, 2.05) is 13.8 Å². The molecule has 0 aliphatic carbocycles. The van der Waals surface area contributed by atoms with Crippen molar-refractivity contribution in [3.8, 4) is 0 Å². The molecule has 1 heterocycles. The van der Waals surface area contributed by atoms with Crippen LogP contribution in [0.3, 0.4) is 0 Å². The number of hydrogen-bond acceptors (Lipinski definition) is 4. The zero-order valence-electron chi connectivity index (χ0n) is 9.88. The lowest BCUT2D eigenvalue weighted by molar-refractivity contribution is -0.232. The highest BCUT2D eigenvalue weighted by Gasteiger charge is 2.41. The molecule has 1 fully saturated rings. The molecule has 0 atom stereocenters. The van der Waals surface area contributed by atoms with Gasteiger partial charge in [-0.15, -0.1) is 0 Å². The third-order valence-electron chi connectivity index (χ3n) is 2.16. The zero-order valence-corrected chi connectivity index (χ0v) is 9.88. The maximum absolute atomic E-state index is 11.6. The summed E-state index contributed by atoms with van der Waals surface area (Å²) in [6, 6.07) is 0. The molecular formula is C10H18N2O3. The summed E-state index contributed by atoms with van der Waals surface area (Å²) in [4.78, 5) is 27.9. The lowest BCUT2D eigenvalue weighted by Crippen LogP contribution is -2.47. The van der Waals surface area contributed by atoms with E-state index in [1.54, 1.807) is 20.8 Å². The Bertz CT molecular complexity index is 292. The largest absolute Gasteiger partial charge is 0.347 e. The Morgan fingerprint density at radius 3 is 2.33 bits per heavy atom. The van der Waals surface area contributed by atoms with Gasteiger partial charge < -0.3 is 4.84 Å². The molecule has 0 saturated carbocycles. The van der Waals surface area contributed by atoms with E-state index >= 15 is 0 Å². The number of nitrogens with zero attached hydrogens (tertiary/aromatic N) is 1. The highest BCUT2D eigenvalue weighted by atomic mass is 16.7. The van der Waals surface area contributed by atoms with Gasteiger partial charge in [0.2, 0.25) is 5.91 Å². The summed E-state index contributed by atoms with van der Waals surface area (Å²) in [6.45, 7) is 8.96. The van der Waals surface area contributed by atoms with E-state index in [9.17, 15) is 9.59 Å². The second-order valence-corrected chi connectivity index (χ2v) is 5.45. The summed E-state index contributed by atoms with van der Waals surface area (Å²) in [5, 5.41) is 1.24. The molecule has 0 bridgehead atoms. The van der Waals surface area contributed by atoms with E-state index in [0.717, 1.165) is 0 Å². The summed E-state index contributed by atoms with van der Waals surface area (Å²) in [5.41, 5.74) is 1.43. The van der Waals surface area contributed by atoms with Crippen LogP contribution in [0, 0.1) is 5.41 Å². The third-order valence-corrected chi connectivity index (χ3v) is 2.16. The second kappa shape index (κ2) is 3.48. The average molecular weight is 214 g/mol. The quantitative estimate of drug-likeness (QED) is 0.707. The highest BCUT2D eigenvalue weighted by Crippen LogP contribution is 2.25. The lowest BCUT2D eigenvalue weighted by atomic mass is 9.97. The molecule has 1 aliphatic heterocycles. The Balaban J connectivity index is 2.67. The fourth-order valence-electron chi connectivity index (χ4n) is 1.14. The first-order valence-electron chi connectivity index (χ1n) is 4.95. The van der Waals surface area contributed by atoms with Gasteiger partial charge in [-0.25, -0.2) is 4.79 Å². The predicted octanol–water partition coefficient (Wildman–Crippen LogP) is 1.01. The number of carbonyl (C=O) groups is 2. The molecule has 86 valence electrons. The zero-order chi connectivity index (χ0) is 11.9. The van der Waals surface area contributed by atoms with Gasteiger partial charge in [0.15, 0.2) is 0 Å². The summed E-state index contributed by atoms with van der Waals surface area (Å²) in [7, 11) is 0. The van der Waals surface area contributed by atoms with Crippen LogP contribution in [0.5, 0.6) is 0 Å². The Morgan fingerprint density at radius 1 is 1.47 bits per heavy atom. The predicted molar refractivity (Wildman–Crippen MR) is 54.2 cm³/mol. The van der Waals surface area contributed by atoms with Crippen LogP contribution < -0.4 is 5.43 Å². The monoisotopic (exact) mass is 214 g/mol. The number of amides is 1. The minimum atomic E-state index is -0.580. The van der Waals surface area contributed by atoms with E-state index in [-0.39, 0.29) is 11.9 Å². The molecule has 0 radical (unpaired) electrons. The first-order chi connectivity index (χ1) is 6.63. The summed E-state index contributed by atoms with van der Waals surface area (Å²) >= 11 is 0. The smallest absolute Gasteiger partial charge is 0.332 e. The van der Waals surface area contributed by atoms with Crippen molar-refractivity contribution in [2.24, 2.45) is 5.41 Å². The molecule has 5 heteroatoms. The van der Waals surface area contributed by atoms with Gasteiger partial charge in [0.05, 0.1) is 17.4 Å². The van der Waals surface area contributed by atoms with Crippen LogP contribution in [0.15, 0.2) is 0 Å². The number of rotatable bonds is 1. The van der Waals surface area contributed by atoms with Crippen molar-refractivity contribution in [1.82, 2.24) is 10.6 Å². The Labute approximate surface area is 89.7 Å². The van der Waals surface area contributed by atoms with Gasteiger partial charge in [-0.2, -0.15) is 0 Å². The van der Waals surface area contributed by atoms with Crippen LogP contribution >= 0.6 is 0 Å². The number of carbonyl (C=O) groups excluding carboxylic acids is 2. The van der Waals surface area contributed by atoms with E-state index < -0.39 is 11.0 Å². The van der Waals surface area contributed by atoms with Gasteiger partial charge in [-0.3, -0.25) is 10.2 Å². The van der Waals surface area contributed by atoms with Crippen molar-refractivity contribution >= 4 is 11.9 Å². The molecule has 0 aromatic rings. The maximum Gasteiger partial charge on any atom is 0.332 e. The fraction of sp³-hybridized carbons (Fsp3) is 0.800. The molecule has 1 rings (SSSR count). The summed E-state index contributed by atoms with van der Waals surface area (Å²) < 4.78 is 0. The number of hydroxylamine groups is 1. The van der Waals surface area contributed by atoms with E-state index in [1.165, 1.54) is 5.17 Å². The Hall–Kier alpha value is -1.10. The van der Waals surface area contributed by atoms with E-state index in [4.69, 9.17) is 4.84 Å². The van der Waals surface area contributed by atoms with Gasteiger partial charge >= 0.3 is 5.97 Å². The standard InChI is InChI=1S/C10H18N2O3/c1-9(2,3)8(14)15-12-10(4,5)6-7(13)11-12/h6H2,1-5H3,(H,11,13). The normalized spacial score (nSPS) is 21.3. The molecular weight excluding hydrogens is 196 g/mol. The highest BCUT2D eigenvalue weighted by molar-refractivity contribution is 5.79. The van der Waals surface area contributed by atoms with Crippen LogP contribution in [0.25, 0.3) is 0 Å². The third kappa shape index (κ3) is 2.68. The van der Waals surface area contributed by atoms with Crippen molar-refractivity contribution in [2.45, 2.75) is 46.6 Å². The summed E-state index contributed by atoms with van der Waals surface area (Å²) in [6.07, 6.45) is 0.324. The maximum atomic E-state index is 11.6. The van der Waals surface area contributed by atoms with Gasteiger partial charge in [0.25, 0.3) is 0 Å². The van der Waals surface area contributed by atoms with E-state index in [2.05, 4.69) is 5.43 Å². The first kappa shape index (κ1) is 12.0. The van der Waals surface area contributed by atoms with E-state index in [0.29, 0.717) is 6.42 Å². The van der Waals surface area contributed by atoms with Crippen molar-refractivity contribution in [1.29, 1.82) is 0 Å². The van der Waals surface area contributed by atoms with Crippen LogP contribution in [-0.4, -0.2) is 22.6 Å². The number of hydrazine groups is 1. The summed E-state index contributed by atoms with van der Waals surface area (Å²) in [5.74, 6) is -0.500. The first-order valence-corrected chi connectivity index (χ1v) is 4.95. The molecule has 0 spiro atoms. The Kier molecular flexibility index (Phi) is 2.78. The molecule has 1 saturated heterocycles. The van der Waals surface area contributed by atoms with Crippen molar-refractivity contribution in [3.05, 3.63) is 0 Å². The molecule has 0 aromatic carbocycles. The second-order valence-electron chi connectivity index (χ2n) is 5.45. The van der Waals surface area contributed by atoms with Crippen molar-refractivity contribution < 1.29 is 14.4 Å². The van der Waals surface area contributed by atoms with Gasteiger partial charge in [0, 0.05) is 0 Å². The van der Waals surface area contributed by atoms with Gasteiger partial charge in [0.1, 0.15) is 0 Å². The number of nitrogens with one attached hydrogen (secondary N) is 1. The molecule has 1 N–H and O–H groups in total. The van der Waals surface area contributed by atoms with Crippen molar-refractivity contribution in [3.63, 3.8) is 0 Å².